The summed E-state index contributed by atoms with van der Waals surface area (Å²) >= 11 is 0.923. The number of carboxylic acids is 1. The molecule has 112 valence electrons. The summed E-state index contributed by atoms with van der Waals surface area (Å²) in [4.78, 5) is 11.0. The Hall–Kier alpha value is -0.847. The predicted octanol–water partition coefficient (Wildman–Crippen LogP) is 0.460. The minimum atomic E-state index is -1.79. The molecular formula is C12H14AtF2NO4. The first-order chi connectivity index (χ1) is 9.03. The summed E-state index contributed by atoms with van der Waals surface area (Å²) in [6.45, 7) is 2.66. The van der Waals surface area contributed by atoms with Crippen LogP contribution in [-0.4, -0.2) is 23.3 Å². The van der Waals surface area contributed by atoms with Crippen molar-refractivity contribution in [3.05, 3.63) is 22.8 Å². The Bertz CT molecular complexity index is 558. The number of nitrogens with two attached hydrogens (primary N) is 1. The van der Waals surface area contributed by atoms with Crippen LogP contribution in [0.1, 0.15) is 31.0 Å². The summed E-state index contributed by atoms with van der Waals surface area (Å²) in [6.07, 6.45) is 0. The van der Waals surface area contributed by atoms with Gasteiger partial charge in [0.05, 0.1) is 0 Å². The number of methoxy groups -OCH3 is 1. The molecule has 1 rings (SSSR count). The Morgan fingerprint density at radius 3 is 2.25 bits per heavy atom. The summed E-state index contributed by atoms with van der Waals surface area (Å²) in [5.41, 5.74) is 3.17. The van der Waals surface area contributed by atoms with Gasteiger partial charge in [-0.05, 0) is 0 Å². The molecule has 0 fully saturated rings. The molecule has 0 bridgehead atoms. The summed E-state index contributed by atoms with van der Waals surface area (Å²) in [6, 6.07) is -1.79. The van der Waals surface area contributed by atoms with Gasteiger partial charge in [0.2, 0.25) is 0 Å². The van der Waals surface area contributed by atoms with E-state index in [2.05, 4.69) is 0 Å². The molecule has 1 aromatic carbocycles. The number of aliphatic hydroxyl groups is 1. The molecule has 0 saturated heterocycles. The molecule has 1 atom stereocenters. The molecule has 8 heteroatoms. The van der Waals surface area contributed by atoms with Crippen molar-refractivity contribution in [2.75, 3.05) is 7.11 Å². The Morgan fingerprint density at radius 1 is 1.40 bits per heavy atom. The van der Waals surface area contributed by atoms with Gasteiger partial charge in [-0.25, -0.2) is 0 Å². The monoisotopic (exact) mass is 484 g/mol. The fraction of sp³-hybridized carbons (Fsp3) is 0.417. The molecule has 0 saturated carbocycles. The fourth-order valence-corrected chi connectivity index (χ4v) is 3.77. The number of hydrogen-bond donors (Lipinski definition) is 3. The van der Waals surface area contributed by atoms with E-state index in [1.165, 1.54) is 13.8 Å². The molecule has 20 heavy (non-hydrogen) atoms. The molecule has 0 aliphatic heterocycles. The van der Waals surface area contributed by atoms with Crippen LogP contribution >= 0.6 is 0 Å². The van der Waals surface area contributed by atoms with Crippen LogP contribution in [0.4, 0.5) is 8.78 Å². The second kappa shape index (κ2) is 5.87. The van der Waals surface area contributed by atoms with Crippen molar-refractivity contribution in [2.24, 2.45) is 5.73 Å². The number of halogens is 2. The van der Waals surface area contributed by atoms with Crippen molar-refractivity contribution in [3.63, 3.8) is 0 Å². The standard InChI is InChI=1S/C12H14AtF2NO4/c1-12(2,19)5-4(9(16)11(17)18)7(14)8(15)10(20-3)6(5)13/h9,19H,16H2,1-3H3,(H,17,18). The fourth-order valence-electron chi connectivity index (χ4n) is 1.85. The van der Waals surface area contributed by atoms with E-state index < -0.39 is 34.8 Å². The van der Waals surface area contributed by atoms with E-state index in [1.54, 1.807) is 0 Å². The molecule has 4 N–H and O–H groups in total. The van der Waals surface area contributed by atoms with E-state index in [1.807, 2.05) is 0 Å². The second-order valence-corrected chi connectivity index (χ2v) is 6.11. The number of hydrogen-bond acceptors (Lipinski definition) is 4. The number of ether oxygens (including phenoxy) is 1. The summed E-state index contributed by atoms with van der Waals surface area (Å²) in [5.74, 6) is -4.62. The van der Waals surface area contributed by atoms with Crippen LogP contribution in [0.25, 0.3) is 0 Å². The zero-order chi connectivity index (χ0) is 15.8. The predicted molar refractivity (Wildman–Crippen MR) is 62.4 cm³/mol. The summed E-state index contributed by atoms with van der Waals surface area (Å²) < 4.78 is 33.0. The third kappa shape index (κ3) is 2.92. The number of benzene rings is 1. The van der Waals surface area contributed by atoms with Crippen LogP contribution in [0, 0.1) is 36.4 Å². The van der Waals surface area contributed by atoms with E-state index in [-0.39, 0.29) is 14.6 Å². The minimum absolute atomic E-state index is 0.0696. The third-order valence-corrected chi connectivity index (χ3v) is 4.11. The van der Waals surface area contributed by atoms with Crippen molar-refractivity contribution in [3.8, 4) is 5.75 Å². The maximum absolute atomic E-state index is 14.1. The number of rotatable bonds is 4. The molecule has 0 aromatic heterocycles. The number of carboxylic acid groups (broad SMARTS) is 1. The normalized spacial score (nSPS) is 13.2. The molecular weight excluding hydrogens is 470 g/mol. The average Bonchev–Trinajstić information content (AvgIpc) is 2.31. The van der Waals surface area contributed by atoms with Gasteiger partial charge in [-0.3, -0.25) is 0 Å². The number of carbonyl (C=O) groups is 1. The molecule has 1 unspecified atom stereocenters. The quantitative estimate of drug-likeness (QED) is 0.578. The van der Waals surface area contributed by atoms with Crippen LogP contribution in [0.2, 0.25) is 0 Å². The van der Waals surface area contributed by atoms with E-state index in [4.69, 9.17) is 15.6 Å². The first-order valence-corrected chi connectivity index (χ1v) is 6.96. The summed E-state index contributed by atoms with van der Waals surface area (Å²) in [5, 5.41) is 19.1. The van der Waals surface area contributed by atoms with Gasteiger partial charge in [0.15, 0.2) is 0 Å². The molecule has 0 heterocycles. The second-order valence-electron chi connectivity index (χ2n) is 4.64. The van der Waals surface area contributed by atoms with E-state index in [0.29, 0.717) is 0 Å². The number of aliphatic carboxylic acids is 1. The van der Waals surface area contributed by atoms with Gasteiger partial charge in [-0.2, -0.15) is 0 Å². The first kappa shape index (κ1) is 17.2. The van der Waals surface area contributed by atoms with Crippen molar-refractivity contribution in [1.29, 1.82) is 0 Å². The Kier molecular flexibility index (Phi) is 5.05. The van der Waals surface area contributed by atoms with E-state index in [9.17, 15) is 18.7 Å². The van der Waals surface area contributed by atoms with E-state index in [0.717, 1.165) is 31.8 Å². The zero-order valence-corrected chi connectivity index (χ0v) is 13.9. The van der Waals surface area contributed by atoms with Gasteiger partial charge < -0.3 is 0 Å². The molecule has 0 spiro atoms. The van der Waals surface area contributed by atoms with Gasteiger partial charge in [-0.1, -0.05) is 0 Å². The van der Waals surface area contributed by atoms with Crippen molar-refractivity contribution in [2.45, 2.75) is 25.5 Å². The van der Waals surface area contributed by atoms with Gasteiger partial charge in [0, 0.05) is 0 Å². The summed E-state index contributed by atoms with van der Waals surface area (Å²) in [7, 11) is 1.16. The average molecular weight is 484 g/mol. The van der Waals surface area contributed by atoms with Crippen LogP contribution in [0.15, 0.2) is 0 Å². The van der Waals surface area contributed by atoms with Crippen molar-refractivity contribution >= 4 is 9.24 Å². The van der Waals surface area contributed by atoms with Crippen LogP contribution in [0.5, 0.6) is 5.75 Å². The van der Waals surface area contributed by atoms with Crippen LogP contribution < -0.4 is 13.7 Å². The first-order valence-electron chi connectivity index (χ1n) is 5.49. The Labute approximate surface area is 129 Å². The van der Waals surface area contributed by atoms with Crippen molar-refractivity contribution < 1.29 is 53.2 Å². The zero-order valence-electron chi connectivity index (χ0n) is 11.0. The van der Waals surface area contributed by atoms with Gasteiger partial charge in [-0.15, -0.1) is 0 Å². The van der Waals surface area contributed by atoms with Gasteiger partial charge in [0.1, 0.15) is 0 Å². The van der Waals surface area contributed by atoms with Crippen molar-refractivity contribution in [1.82, 2.24) is 0 Å². The topological polar surface area (TPSA) is 92.8 Å². The third-order valence-electron chi connectivity index (χ3n) is 2.71. The van der Waals surface area contributed by atoms with Crippen LogP contribution in [0.3, 0.4) is 0 Å². The van der Waals surface area contributed by atoms with Gasteiger partial charge in [0.25, 0.3) is 0 Å². The van der Waals surface area contributed by atoms with Crippen LogP contribution in [-0.2, 0) is 10.4 Å². The molecule has 0 radical (unpaired) electrons. The molecule has 0 aliphatic carbocycles. The Morgan fingerprint density at radius 2 is 1.90 bits per heavy atom. The van der Waals surface area contributed by atoms with E-state index >= 15 is 0 Å². The van der Waals surface area contributed by atoms with Gasteiger partial charge >= 0.3 is 129 Å². The maximum atomic E-state index is 14.1. The molecule has 1 aromatic rings. The molecule has 5 nitrogen and oxygen atoms in total. The SMILES string of the molecule is COc1c(F)c(F)c(C(N)C(=O)O)c(C(C)(C)O)c1[At]. The molecule has 0 amide bonds. The molecule has 0 aliphatic rings. The Balaban J connectivity index is 3.86.